The van der Waals surface area contributed by atoms with E-state index in [0.717, 1.165) is 12.8 Å². The van der Waals surface area contributed by atoms with Crippen molar-refractivity contribution in [3.05, 3.63) is 0 Å². The van der Waals surface area contributed by atoms with Crippen molar-refractivity contribution in [3.63, 3.8) is 0 Å². The van der Waals surface area contributed by atoms with Crippen LogP contribution in [0.15, 0.2) is 0 Å². The first kappa shape index (κ1) is 15.9. The first-order valence-corrected chi connectivity index (χ1v) is 8.24. The third kappa shape index (κ3) is 4.19. The van der Waals surface area contributed by atoms with E-state index in [1.807, 2.05) is 0 Å². The predicted octanol–water partition coefficient (Wildman–Crippen LogP) is 1.10. The van der Waals surface area contributed by atoms with Gasteiger partial charge in [0.25, 0.3) is 10.2 Å². The minimum absolute atomic E-state index is 0.121. The summed E-state index contributed by atoms with van der Waals surface area (Å²) in [7, 11) is -3.45. The fourth-order valence-corrected chi connectivity index (χ4v) is 3.99. The summed E-state index contributed by atoms with van der Waals surface area (Å²) in [5, 5.41) is 10.4. The average Bonchev–Trinajstić information content (AvgIpc) is 2.28. The summed E-state index contributed by atoms with van der Waals surface area (Å²) in [5.74, 6) is 0.460. The number of nitrogens with one attached hydrogen (secondary N) is 1. The zero-order valence-electron chi connectivity index (χ0n) is 11.6. The Labute approximate surface area is 111 Å². The molecule has 1 fully saturated rings. The zero-order chi connectivity index (χ0) is 13.8. The molecule has 2 N–H and O–H groups in total. The molecule has 0 aromatic rings. The molecule has 1 aliphatic rings. The molecule has 0 aliphatic heterocycles. The van der Waals surface area contributed by atoms with E-state index in [1.165, 1.54) is 4.31 Å². The normalized spacial score (nSPS) is 29.7. The van der Waals surface area contributed by atoms with Crippen LogP contribution >= 0.6 is 0 Å². The highest BCUT2D eigenvalue weighted by molar-refractivity contribution is 7.87. The Hall–Kier alpha value is -0.170. The van der Waals surface area contributed by atoms with Gasteiger partial charge in [0.2, 0.25) is 0 Å². The van der Waals surface area contributed by atoms with Crippen LogP contribution in [-0.4, -0.2) is 43.1 Å². The summed E-state index contributed by atoms with van der Waals surface area (Å²) in [5.41, 5.74) is -0.877. The van der Waals surface area contributed by atoms with Gasteiger partial charge in [0, 0.05) is 19.6 Å². The molecule has 18 heavy (non-hydrogen) atoms. The van der Waals surface area contributed by atoms with Crippen LogP contribution in [0.2, 0.25) is 0 Å². The summed E-state index contributed by atoms with van der Waals surface area (Å²) < 4.78 is 27.8. The summed E-state index contributed by atoms with van der Waals surface area (Å²) >= 11 is 0. The second kappa shape index (κ2) is 6.32. The zero-order valence-corrected chi connectivity index (χ0v) is 12.5. The third-order valence-corrected chi connectivity index (χ3v) is 5.40. The van der Waals surface area contributed by atoms with Gasteiger partial charge in [0.15, 0.2) is 0 Å². The number of hydrogen-bond acceptors (Lipinski definition) is 3. The maximum Gasteiger partial charge on any atom is 0.279 e. The van der Waals surface area contributed by atoms with Gasteiger partial charge in [-0.25, -0.2) is 0 Å². The first-order chi connectivity index (χ1) is 8.33. The molecular weight excluding hydrogens is 252 g/mol. The highest BCUT2D eigenvalue weighted by Gasteiger charge is 2.34. The van der Waals surface area contributed by atoms with E-state index in [0.29, 0.717) is 31.8 Å². The number of aliphatic hydroxyl groups is 1. The fourth-order valence-electron chi connectivity index (χ4n) is 2.67. The van der Waals surface area contributed by atoms with Gasteiger partial charge in [-0.15, -0.1) is 0 Å². The molecule has 0 amide bonds. The maximum absolute atomic E-state index is 12.0. The van der Waals surface area contributed by atoms with E-state index in [9.17, 15) is 13.5 Å². The van der Waals surface area contributed by atoms with Gasteiger partial charge < -0.3 is 5.11 Å². The minimum Gasteiger partial charge on any atom is -0.389 e. The van der Waals surface area contributed by atoms with Crippen LogP contribution in [0.5, 0.6) is 0 Å². The molecule has 6 heteroatoms. The van der Waals surface area contributed by atoms with Crippen LogP contribution in [0.1, 0.15) is 46.5 Å². The van der Waals surface area contributed by atoms with Crippen molar-refractivity contribution in [2.45, 2.75) is 52.1 Å². The quantitative estimate of drug-likeness (QED) is 0.764. The van der Waals surface area contributed by atoms with Crippen LogP contribution < -0.4 is 4.72 Å². The van der Waals surface area contributed by atoms with E-state index in [2.05, 4.69) is 11.6 Å². The van der Waals surface area contributed by atoms with Crippen LogP contribution in [0, 0.1) is 5.92 Å². The van der Waals surface area contributed by atoms with Crippen LogP contribution in [0.4, 0.5) is 0 Å². The highest BCUT2D eigenvalue weighted by Crippen LogP contribution is 2.31. The maximum atomic E-state index is 12.0. The number of nitrogens with zero attached hydrogens (tertiary/aromatic N) is 1. The lowest BCUT2D eigenvalue weighted by molar-refractivity contribution is -0.00778. The van der Waals surface area contributed by atoms with Crippen molar-refractivity contribution < 1.29 is 13.5 Å². The van der Waals surface area contributed by atoms with E-state index in [4.69, 9.17) is 0 Å². The van der Waals surface area contributed by atoms with Gasteiger partial charge in [-0.2, -0.15) is 17.4 Å². The lowest BCUT2D eigenvalue weighted by Gasteiger charge is -2.36. The van der Waals surface area contributed by atoms with Crippen molar-refractivity contribution in [1.29, 1.82) is 0 Å². The van der Waals surface area contributed by atoms with Crippen molar-refractivity contribution >= 4 is 10.2 Å². The molecule has 2 atom stereocenters. The Morgan fingerprint density at radius 1 is 1.39 bits per heavy atom. The molecule has 1 saturated carbocycles. The van der Waals surface area contributed by atoms with Gasteiger partial charge >= 0.3 is 0 Å². The number of rotatable bonds is 6. The van der Waals surface area contributed by atoms with Crippen molar-refractivity contribution in [2.24, 2.45) is 5.92 Å². The van der Waals surface area contributed by atoms with Crippen molar-refractivity contribution in [3.8, 4) is 0 Å². The van der Waals surface area contributed by atoms with Gasteiger partial charge in [0.1, 0.15) is 0 Å². The van der Waals surface area contributed by atoms with Crippen LogP contribution in [0.25, 0.3) is 0 Å². The lowest BCUT2D eigenvalue weighted by atomic mass is 9.79. The van der Waals surface area contributed by atoms with Gasteiger partial charge in [-0.05, 0) is 18.8 Å². The molecule has 0 spiro atoms. The topological polar surface area (TPSA) is 69.6 Å². The SMILES string of the molecule is CCN(CC)S(=O)(=O)NCC1(O)CCCC(C)C1. The van der Waals surface area contributed by atoms with E-state index in [1.54, 1.807) is 13.8 Å². The highest BCUT2D eigenvalue weighted by atomic mass is 32.2. The average molecular weight is 278 g/mol. The third-order valence-electron chi connectivity index (χ3n) is 3.70. The van der Waals surface area contributed by atoms with Gasteiger partial charge in [-0.1, -0.05) is 33.6 Å². The van der Waals surface area contributed by atoms with Crippen LogP contribution in [-0.2, 0) is 10.2 Å². The molecule has 0 aromatic heterocycles. The molecule has 2 unspecified atom stereocenters. The Bertz CT molecular complexity index is 354. The molecule has 0 aromatic carbocycles. The number of hydrogen-bond donors (Lipinski definition) is 2. The first-order valence-electron chi connectivity index (χ1n) is 6.80. The molecule has 1 aliphatic carbocycles. The molecule has 1 rings (SSSR count). The largest absolute Gasteiger partial charge is 0.389 e. The Morgan fingerprint density at radius 3 is 2.50 bits per heavy atom. The second-order valence-corrected chi connectivity index (χ2v) is 7.09. The molecule has 5 nitrogen and oxygen atoms in total. The minimum atomic E-state index is -3.45. The van der Waals surface area contributed by atoms with E-state index < -0.39 is 15.8 Å². The fraction of sp³-hybridized carbons (Fsp3) is 1.00. The smallest absolute Gasteiger partial charge is 0.279 e. The van der Waals surface area contributed by atoms with Crippen LogP contribution in [0.3, 0.4) is 0 Å². The molecule has 108 valence electrons. The second-order valence-electron chi connectivity index (χ2n) is 5.34. The van der Waals surface area contributed by atoms with E-state index in [-0.39, 0.29) is 6.54 Å². The lowest BCUT2D eigenvalue weighted by Crippen LogP contribution is -2.49. The Kier molecular flexibility index (Phi) is 5.58. The summed E-state index contributed by atoms with van der Waals surface area (Å²) in [6.45, 7) is 6.72. The summed E-state index contributed by atoms with van der Waals surface area (Å²) in [4.78, 5) is 0. The summed E-state index contributed by atoms with van der Waals surface area (Å²) in [6, 6.07) is 0. The molecule has 0 heterocycles. The van der Waals surface area contributed by atoms with Crippen molar-refractivity contribution in [1.82, 2.24) is 9.03 Å². The van der Waals surface area contributed by atoms with E-state index >= 15 is 0 Å². The monoisotopic (exact) mass is 278 g/mol. The summed E-state index contributed by atoms with van der Waals surface area (Å²) in [6.07, 6.45) is 3.43. The van der Waals surface area contributed by atoms with Gasteiger partial charge in [0.05, 0.1) is 5.60 Å². The molecular formula is C12H26N2O3S. The van der Waals surface area contributed by atoms with Gasteiger partial charge in [-0.3, -0.25) is 0 Å². The molecule has 0 radical (unpaired) electrons. The standard InChI is InChI=1S/C12H26N2O3S/c1-4-14(5-2)18(16,17)13-10-12(15)8-6-7-11(3)9-12/h11,13,15H,4-10H2,1-3H3. The predicted molar refractivity (Wildman–Crippen MR) is 72.4 cm³/mol. The Balaban J connectivity index is 2.58. The molecule has 0 saturated heterocycles. The Morgan fingerprint density at radius 2 is 2.00 bits per heavy atom. The van der Waals surface area contributed by atoms with Crippen molar-refractivity contribution in [2.75, 3.05) is 19.6 Å². The molecule has 0 bridgehead atoms.